The predicted molar refractivity (Wildman–Crippen MR) is 103 cm³/mol. The maximum Gasteiger partial charge on any atom is 0.255 e. The molecule has 0 bridgehead atoms. The molecule has 1 amide bonds. The third kappa shape index (κ3) is 3.88. The van der Waals surface area contributed by atoms with Crippen molar-refractivity contribution in [3.8, 4) is 0 Å². The van der Waals surface area contributed by atoms with E-state index in [0.717, 1.165) is 42.0 Å². The van der Waals surface area contributed by atoms with E-state index in [1.807, 2.05) is 30.3 Å². The number of nitrogen functional groups attached to an aromatic ring is 1. The van der Waals surface area contributed by atoms with Crippen molar-refractivity contribution < 1.29 is 4.79 Å². The van der Waals surface area contributed by atoms with Crippen LogP contribution < -0.4 is 16.0 Å². The third-order valence-electron chi connectivity index (χ3n) is 4.22. The fourth-order valence-corrected chi connectivity index (χ4v) is 3.04. The number of benzene rings is 2. The average molecular weight is 389 g/mol. The molecule has 1 saturated heterocycles. The van der Waals surface area contributed by atoms with Crippen molar-refractivity contribution in [2.75, 3.05) is 49.2 Å². The van der Waals surface area contributed by atoms with E-state index in [1.165, 1.54) is 0 Å². The first-order valence-corrected chi connectivity index (χ1v) is 8.72. The summed E-state index contributed by atoms with van der Waals surface area (Å²) in [5.41, 5.74) is 8.96. The Morgan fingerprint density at radius 1 is 1.08 bits per heavy atom. The number of likely N-dealkylation sites (N-methyl/N-ethyl adjacent to an activating group) is 1. The number of piperazine rings is 1. The molecule has 1 aliphatic heterocycles. The van der Waals surface area contributed by atoms with Crippen LogP contribution in [0.1, 0.15) is 10.4 Å². The number of hydrogen-bond acceptors (Lipinski definition) is 4. The summed E-state index contributed by atoms with van der Waals surface area (Å²) in [5, 5.41) is 3.01. The second-order valence-electron chi connectivity index (χ2n) is 6.03. The third-order valence-corrected chi connectivity index (χ3v) is 4.75. The zero-order valence-corrected chi connectivity index (χ0v) is 15.2. The summed E-state index contributed by atoms with van der Waals surface area (Å²) in [7, 11) is 2.12. The lowest BCUT2D eigenvalue weighted by Crippen LogP contribution is -2.44. The molecule has 0 unspecified atom stereocenters. The minimum Gasteiger partial charge on any atom is -0.399 e. The van der Waals surface area contributed by atoms with Gasteiger partial charge in [-0.3, -0.25) is 4.79 Å². The Morgan fingerprint density at radius 3 is 2.42 bits per heavy atom. The SMILES string of the molecule is CN1CCN(c2ccc(N)cc2NC(=O)c2ccc(Br)cc2)CC1. The second-order valence-corrected chi connectivity index (χ2v) is 6.94. The molecule has 0 aromatic heterocycles. The highest BCUT2D eigenvalue weighted by Crippen LogP contribution is 2.29. The lowest BCUT2D eigenvalue weighted by molar-refractivity contribution is 0.102. The van der Waals surface area contributed by atoms with Crippen LogP contribution in [0.4, 0.5) is 17.1 Å². The smallest absolute Gasteiger partial charge is 0.255 e. The molecule has 6 heteroatoms. The first kappa shape index (κ1) is 16.8. The van der Waals surface area contributed by atoms with E-state index >= 15 is 0 Å². The fourth-order valence-electron chi connectivity index (χ4n) is 2.77. The Hall–Kier alpha value is -2.05. The van der Waals surface area contributed by atoms with Gasteiger partial charge in [-0.1, -0.05) is 15.9 Å². The van der Waals surface area contributed by atoms with E-state index in [1.54, 1.807) is 12.1 Å². The summed E-state index contributed by atoms with van der Waals surface area (Å²) in [6.45, 7) is 3.87. The van der Waals surface area contributed by atoms with Gasteiger partial charge in [0.2, 0.25) is 0 Å². The van der Waals surface area contributed by atoms with Crippen LogP contribution in [0.2, 0.25) is 0 Å². The van der Waals surface area contributed by atoms with Crippen molar-refractivity contribution in [3.05, 3.63) is 52.5 Å². The van der Waals surface area contributed by atoms with Crippen LogP contribution in [0.25, 0.3) is 0 Å². The van der Waals surface area contributed by atoms with Crippen LogP contribution in [0.5, 0.6) is 0 Å². The normalized spacial score (nSPS) is 15.3. The van der Waals surface area contributed by atoms with E-state index in [4.69, 9.17) is 5.73 Å². The molecule has 2 aromatic rings. The van der Waals surface area contributed by atoms with E-state index in [2.05, 4.69) is 38.1 Å². The summed E-state index contributed by atoms with van der Waals surface area (Å²) >= 11 is 3.38. The van der Waals surface area contributed by atoms with Gasteiger partial charge >= 0.3 is 0 Å². The van der Waals surface area contributed by atoms with Gasteiger partial charge in [-0.25, -0.2) is 0 Å². The highest BCUT2D eigenvalue weighted by atomic mass is 79.9. The molecule has 126 valence electrons. The Morgan fingerprint density at radius 2 is 1.75 bits per heavy atom. The molecule has 0 aliphatic carbocycles. The molecular weight excluding hydrogens is 368 g/mol. The van der Waals surface area contributed by atoms with E-state index in [0.29, 0.717) is 11.3 Å². The van der Waals surface area contributed by atoms with Crippen LogP contribution in [-0.2, 0) is 0 Å². The van der Waals surface area contributed by atoms with Gasteiger partial charge in [0.05, 0.1) is 11.4 Å². The van der Waals surface area contributed by atoms with Gasteiger partial charge in [-0.05, 0) is 49.5 Å². The molecular formula is C18H21BrN4O. The van der Waals surface area contributed by atoms with Crippen LogP contribution in [0.15, 0.2) is 46.9 Å². The summed E-state index contributed by atoms with van der Waals surface area (Å²) in [6.07, 6.45) is 0. The van der Waals surface area contributed by atoms with Crippen LogP contribution in [-0.4, -0.2) is 44.0 Å². The van der Waals surface area contributed by atoms with Crippen molar-refractivity contribution in [1.82, 2.24) is 4.90 Å². The lowest BCUT2D eigenvalue weighted by atomic mass is 10.1. The molecule has 0 radical (unpaired) electrons. The fraction of sp³-hybridized carbons (Fsp3) is 0.278. The highest BCUT2D eigenvalue weighted by molar-refractivity contribution is 9.10. The number of nitrogens with zero attached hydrogens (tertiary/aromatic N) is 2. The van der Waals surface area contributed by atoms with Crippen molar-refractivity contribution in [3.63, 3.8) is 0 Å². The van der Waals surface area contributed by atoms with Gasteiger partial charge in [0.1, 0.15) is 0 Å². The molecule has 24 heavy (non-hydrogen) atoms. The topological polar surface area (TPSA) is 61.6 Å². The van der Waals surface area contributed by atoms with Gasteiger partial charge < -0.3 is 20.9 Å². The number of hydrogen-bond donors (Lipinski definition) is 2. The van der Waals surface area contributed by atoms with E-state index in [-0.39, 0.29) is 5.91 Å². The number of rotatable bonds is 3. The zero-order valence-electron chi connectivity index (χ0n) is 13.6. The minimum absolute atomic E-state index is 0.136. The summed E-state index contributed by atoms with van der Waals surface area (Å²) in [6, 6.07) is 13.0. The molecule has 0 saturated carbocycles. The second kappa shape index (κ2) is 7.23. The number of carbonyl (C=O) groups excluding carboxylic acids is 1. The first-order valence-electron chi connectivity index (χ1n) is 7.93. The van der Waals surface area contributed by atoms with Gasteiger partial charge in [0.15, 0.2) is 0 Å². The maximum atomic E-state index is 12.5. The molecule has 1 aliphatic rings. The largest absolute Gasteiger partial charge is 0.399 e. The van der Waals surface area contributed by atoms with E-state index in [9.17, 15) is 4.79 Å². The Bertz CT molecular complexity index is 724. The van der Waals surface area contributed by atoms with Gasteiger partial charge in [-0.2, -0.15) is 0 Å². The molecule has 2 aromatic carbocycles. The number of amides is 1. The predicted octanol–water partition coefficient (Wildman–Crippen LogP) is 3.04. The molecule has 0 spiro atoms. The number of anilines is 3. The zero-order chi connectivity index (χ0) is 17.1. The molecule has 5 nitrogen and oxygen atoms in total. The van der Waals surface area contributed by atoms with Crippen LogP contribution in [0.3, 0.4) is 0 Å². The maximum absolute atomic E-state index is 12.5. The van der Waals surface area contributed by atoms with Gasteiger partial charge in [0, 0.05) is 41.9 Å². The summed E-state index contributed by atoms with van der Waals surface area (Å²) < 4.78 is 0.945. The number of nitrogens with one attached hydrogen (secondary N) is 1. The average Bonchev–Trinajstić information content (AvgIpc) is 2.57. The quantitative estimate of drug-likeness (QED) is 0.793. The molecule has 1 heterocycles. The van der Waals surface area contributed by atoms with Gasteiger partial charge in [-0.15, -0.1) is 0 Å². The minimum atomic E-state index is -0.136. The summed E-state index contributed by atoms with van der Waals surface area (Å²) in [5.74, 6) is -0.136. The standard InChI is InChI=1S/C18H21BrN4O/c1-22-8-10-23(11-9-22)17-7-6-15(20)12-16(17)21-18(24)13-2-4-14(19)5-3-13/h2-7,12H,8-11,20H2,1H3,(H,21,24). The van der Waals surface area contributed by atoms with Crippen molar-refractivity contribution in [2.45, 2.75) is 0 Å². The Labute approximate surface area is 150 Å². The Kier molecular flexibility index (Phi) is 5.06. The molecule has 1 fully saturated rings. The molecule has 3 rings (SSSR count). The summed E-state index contributed by atoms with van der Waals surface area (Å²) in [4.78, 5) is 17.1. The highest BCUT2D eigenvalue weighted by Gasteiger charge is 2.18. The number of halogens is 1. The lowest BCUT2D eigenvalue weighted by Gasteiger charge is -2.35. The van der Waals surface area contributed by atoms with Gasteiger partial charge in [0.25, 0.3) is 5.91 Å². The Balaban J connectivity index is 1.82. The van der Waals surface area contributed by atoms with Crippen LogP contribution >= 0.6 is 15.9 Å². The number of carbonyl (C=O) groups is 1. The molecule has 0 atom stereocenters. The van der Waals surface area contributed by atoms with Crippen LogP contribution in [0, 0.1) is 0 Å². The number of nitrogens with two attached hydrogens (primary N) is 1. The van der Waals surface area contributed by atoms with Crippen molar-refractivity contribution in [1.29, 1.82) is 0 Å². The van der Waals surface area contributed by atoms with Crippen molar-refractivity contribution in [2.24, 2.45) is 0 Å². The first-order chi connectivity index (χ1) is 11.5. The van der Waals surface area contributed by atoms with Crippen molar-refractivity contribution >= 4 is 38.9 Å². The monoisotopic (exact) mass is 388 g/mol. The molecule has 3 N–H and O–H groups in total. The van der Waals surface area contributed by atoms with E-state index < -0.39 is 0 Å².